The molecule has 0 saturated carbocycles. The van der Waals surface area contributed by atoms with Crippen LogP contribution in [-0.2, 0) is 10.0 Å². The van der Waals surface area contributed by atoms with Crippen molar-refractivity contribution >= 4 is 10.0 Å². The zero-order chi connectivity index (χ0) is 8.48. The van der Waals surface area contributed by atoms with Crippen LogP contribution < -0.4 is 10.4 Å². The van der Waals surface area contributed by atoms with E-state index in [9.17, 15) is 13.2 Å². The van der Waals surface area contributed by atoms with Crippen molar-refractivity contribution in [3.05, 3.63) is 16.7 Å². The maximum Gasteiger partial charge on any atom is 0.323 e. The van der Waals surface area contributed by atoms with Crippen molar-refractivity contribution in [3.8, 4) is 0 Å². The molecule has 3 N–H and O–H groups in total. The summed E-state index contributed by atoms with van der Waals surface area (Å²) >= 11 is 0. The van der Waals surface area contributed by atoms with Crippen LogP contribution in [0.2, 0.25) is 0 Å². The topological polar surface area (TPSA) is 94.8 Å². The largest absolute Gasteiger partial charge is 0.323 e. The van der Waals surface area contributed by atoms with E-state index in [1.54, 1.807) is 0 Å². The molecule has 0 aliphatic heterocycles. The minimum absolute atomic E-state index is 0.162. The summed E-state index contributed by atoms with van der Waals surface area (Å²) < 4.78 is 23.9. The van der Waals surface area contributed by atoms with E-state index in [1.807, 2.05) is 0 Å². The molecule has 0 radical (unpaired) electrons. The number of hydrogen-bond donors (Lipinski definition) is 3. The van der Waals surface area contributed by atoms with Crippen molar-refractivity contribution in [3.63, 3.8) is 0 Å². The van der Waals surface area contributed by atoms with Gasteiger partial charge in [0.25, 0.3) is 10.0 Å². The Morgan fingerprint density at radius 2 is 2.18 bits per heavy atom. The van der Waals surface area contributed by atoms with Gasteiger partial charge in [-0.25, -0.2) is 17.9 Å². The van der Waals surface area contributed by atoms with Gasteiger partial charge < -0.3 is 4.98 Å². The van der Waals surface area contributed by atoms with Crippen LogP contribution in [-0.4, -0.2) is 25.4 Å². The first-order valence-electron chi connectivity index (χ1n) is 2.77. The summed E-state index contributed by atoms with van der Waals surface area (Å²) in [5, 5.41) is -0.162. The molecule has 0 unspecified atom stereocenters. The zero-order valence-corrected chi connectivity index (χ0v) is 6.53. The molecule has 1 aromatic heterocycles. The smallest absolute Gasteiger partial charge is 0.311 e. The fraction of sp³-hybridized carbons (Fsp3) is 0.250. The van der Waals surface area contributed by atoms with E-state index in [-0.39, 0.29) is 5.03 Å². The molecular weight excluding hydrogens is 170 g/mol. The normalized spacial score (nSPS) is 11.7. The third-order valence-electron chi connectivity index (χ3n) is 1.13. The van der Waals surface area contributed by atoms with E-state index in [4.69, 9.17) is 0 Å². The van der Waals surface area contributed by atoms with Gasteiger partial charge in [-0.2, -0.15) is 0 Å². The Balaban J connectivity index is 3.23. The van der Waals surface area contributed by atoms with E-state index < -0.39 is 15.7 Å². The molecule has 0 fully saturated rings. The van der Waals surface area contributed by atoms with E-state index in [0.717, 1.165) is 6.20 Å². The maximum absolute atomic E-state index is 10.9. The van der Waals surface area contributed by atoms with E-state index in [2.05, 4.69) is 14.7 Å². The number of hydrogen-bond acceptors (Lipinski definition) is 3. The molecule has 0 amide bonds. The van der Waals surface area contributed by atoms with Gasteiger partial charge in [0, 0.05) is 6.20 Å². The average molecular weight is 177 g/mol. The minimum atomic E-state index is -3.51. The maximum atomic E-state index is 10.9. The predicted molar refractivity (Wildman–Crippen MR) is 37.7 cm³/mol. The molecule has 7 heteroatoms. The van der Waals surface area contributed by atoms with Crippen LogP contribution in [0.5, 0.6) is 0 Å². The molecule has 0 aliphatic carbocycles. The fourth-order valence-electron chi connectivity index (χ4n) is 0.570. The van der Waals surface area contributed by atoms with Crippen LogP contribution in [0.4, 0.5) is 0 Å². The third-order valence-corrected chi connectivity index (χ3v) is 2.47. The van der Waals surface area contributed by atoms with Crippen LogP contribution in [0.25, 0.3) is 0 Å². The van der Waals surface area contributed by atoms with Crippen molar-refractivity contribution in [1.29, 1.82) is 0 Å². The molecule has 0 bridgehead atoms. The number of sulfonamides is 1. The summed E-state index contributed by atoms with van der Waals surface area (Å²) in [4.78, 5) is 14.7. The molecule has 0 saturated heterocycles. The van der Waals surface area contributed by atoms with Crippen molar-refractivity contribution in [1.82, 2.24) is 14.7 Å². The summed E-state index contributed by atoms with van der Waals surface area (Å²) in [5.41, 5.74) is -0.543. The number of aromatic nitrogens is 2. The lowest BCUT2D eigenvalue weighted by Gasteiger charge is -1.94. The van der Waals surface area contributed by atoms with Crippen molar-refractivity contribution in [2.24, 2.45) is 0 Å². The molecule has 0 spiro atoms. The summed E-state index contributed by atoms with van der Waals surface area (Å²) in [6.45, 7) is 0. The Morgan fingerprint density at radius 1 is 1.55 bits per heavy atom. The van der Waals surface area contributed by atoms with Gasteiger partial charge in [-0.15, -0.1) is 0 Å². The van der Waals surface area contributed by atoms with Gasteiger partial charge in [-0.05, 0) is 7.05 Å². The Bertz CT molecular complexity index is 387. The van der Waals surface area contributed by atoms with Crippen LogP contribution in [0, 0.1) is 0 Å². The van der Waals surface area contributed by atoms with Crippen LogP contribution >= 0.6 is 0 Å². The van der Waals surface area contributed by atoms with Gasteiger partial charge in [-0.1, -0.05) is 0 Å². The molecule has 0 atom stereocenters. The molecule has 11 heavy (non-hydrogen) atoms. The van der Waals surface area contributed by atoms with Gasteiger partial charge in [0.1, 0.15) is 0 Å². The van der Waals surface area contributed by atoms with E-state index in [0.29, 0.717) is 0 Å². The standard InChI is InChI=1S/C4H7N3O3S/c1-5-11(9,10)3-2-6-4(8)7-3/h2,5H,1H3,(H2,6,7,8). The van der Waals surface area contributed by atoms with Crippen molar-refractivity contribution in [2.75, 3.05) is 7.05 Å². The van der Waals surface area contributed by atoms with Gasteiger partial charge in [-0.3, -0.25) is 4.98 Å². The van der Waals surface area contributed by atoms with E-state index in [1.165, 1.54) is 7.05 Å². The van der Waals surface area contributed by atoms with E-state index >= 15 is 0 Å². The molecule has 1 heterocycles. The summed E-state index contributed by atoms with van der Waals surface area (Å²) in [6, 6.07) is 0. The Labute approximate surface area is 62.7 Å². The predicted octanol–water partition coefficient (Wildman–Crippen LogP) is -1.39. The lowest BCUT2D eigenvalue weighted by molar-refractivity contribution is 0.585. The van der Waals surface area contributed by atoms with Crippen LogP contribution in [0.3, 0.4) is 0 Å². The highest BCUT2D eigenvalue weighted by molar-refractivity contribution is 7.89. The van der Waals surface area contributed by atoms with Crippen molar-refractivity contribution < 1.29 is 8.42 Å². The van der Waals surface area contributed by atoms with Gasteiger partial charge >= 0.3 is 5.69 Å². The molecule has 1 rings (SSSR count). The monoisotopic (exact) mass is 177 g/mol. The number of rotatable bonds is 2. The van der Waals surface area contributed by atoms with Crippen LogP contribution in [0.15, 0.2) is 16.0 Å². The van der Waals surface area contributed by atoms with Crippen molar-refractivity contribution in [2.45, 2.75) is 5.03 Å². The molecule has 1 aromatic rings. The number of nitrogens with one attached hydrogen (secondary N) is 3. The second-order valence-electron chi connectivity index (χ2n) is 1.81. The van der Waals surface area contributed by atoms with Crippen LogP contribution in [0.1, 0.15) is 0 Å². The summed E-state index contributed by atoms with van der Waals surface area (Å²) in [5.74, 6) is 0. The lowest BCUT2D eigenvalue weighted by atomic mass is 11.0. The lowest BCUT2D eigenvalue weighted by Crippen LogP contribution is -2.19. The third kappa shape index (κ3) is 1.49. The van der Waals surface area contributed by atoms with Gasteiger partial charge in [0.05, 0.1) is 0 Å². The summed E-state index contributed by atoms with van der Waals surface area (Å²) in [6.07, 6.45) is 1.09. The summed E-state index contributed by atoms with van der Waals surface area (Å²) in [7, 11) is -2.25. The van der Waals surface area contributed by atoms with Gasteiger partial charge in [0.15, 0.2) is 5.03 Å². The first-order valence-corrected chi connectivity index (χ1v) is 4.26. The SMILES string of the molecule is CNS(=O)(=O)c1c[nH]c(=O)[nH]1. The average Bonchev–Trinajstić information content (AvgIpc) is 2.36. The highest BCUT2D eigenvalue weighted by atomic mass is 32.2. The fourth-order valence-corrected chi connectivity index (χ4v) is 1.23. The second kappa shape index (κ2) is 2.51. The first-order chi connectivity index (χ1) is 5.06. The zero-order valence-electron chi connectivity index (χ0n) is 5.71. The van der Waals surface area contributed by atoms with Gasteiger partial charge in [0.2, 0.25) is 0 Å². The Kier molecular flexibility index (Phi) is 1.83. The first kappa shape index (κ1) is 8.02. The number of aromatic amines is 2. The highest BCUT2D eigenvalue weighted by Crippen LogP contribution is 1.97. The molecule has 0 aliphatic rings. The Hall–Kier alpha value is -1.08. The molecule has 6 nitrogen and oxygen atoms in total. The molecule has 62 valence electrons. The second-order valence-corrected chi connectivity index (χ2v) is 3.67. The quantitative estimate of drug-likeness (QED) is 0.519. The minimum Gasteiger partial charge on any atom is -0.311 e. The highest BCUT2D eigenvalue weighted by Gasteiger charge is 2.12. The number of H-pyrrole nitrogens is 2. The Morgan fingerprint density at radius 3 is 2.55 bits per heavy atom. The number of imidazole rings is 1. The molecular formula is C4H7N3O3S. The molecule has 0 aromatic carbocycles.